The molecule has 2 heteroatoms. The first kappa shape index (κ1) is 13.0. The van der Waals surface area contributed by atoms with Gasteiger partial charge in [0, 0.05) is 13.7 Å². The van der Waals surface area contributed by atoms with E-state index >= 15 is 0 Å². The molecule has 0 bridgehead atoms. The van der Waals surface area contributed by atoms with Gasteiger partial charge in [-0.1, -0.05) is 27.2 Å². The van der Waals surface area contributed by atoms with Crippen LogP contribution in [0.15, 0.2) is 0 Å². The first-order valence-corrected chi connectivity index (χ1v) is 6.33. The Kier molecular flexibility index (Phi) is 5.07. The molecule has 0 aromatic heterocycles. The van der Waals surface area contributed by atoms with Crippen LogP contribution in [-0.4, -0.2) is 38.3 Å². The van der Waals surface area contributed by atoms with Crippen LogP contribution >= 0.6 is 0 Å². The van der Waals surface area contributed by atoms with Gasteiger partial charge in [0.15, 0.2) is 0 Å². The van der Waals surface area contributed by atoms with Crippen LogP contribution in [0.5, 0.6) is 0 Å². The molecule has 0 aromatic rings. The quantitative estimate of drug-likeness (QED) is 0.696. The highest BCUT2D eigenvalue weighted by Crippen LogP contribution is 2.39. The Labute approximate surface area is 95.0 Å². The van der Waals surface area contributed by atoms with E-state index in [1.54, 1.807) is 7.11 Å². The lowest BCUT2D eigenvalue weighted by Crippen LogP contribution is -2.42. The summed E-state index contributed by atoms with van der Waals surface area (Å²) in [5.74, 6) is 0.863. The van der Waals surface area contributed by atoms with Crippen LogP contribution in [0.25, 0.3) is 0 Å². The molecule has 0 N–H and O–H groups in total. The van der Waals surface area contributed by atoms with Gasteiger partial charge in [0.1, 0.15) is 0 Å². The lowest BCUT2D eigenvalue weighted by Gasteiger charge is -2.43. The Morgan fingerprint density at radius 3 is 2.40 bits per heavy atom. The van der Waals surface area contributed by atoms with Crippen molar-refractivity contribution in [1.82, 2.24) is 4.90 Å². The monoisotopic (exact) mass is 213 g/mol. The highest BCUT2D eigenvalue weighted by atomic mass is 16.5. The van der Waals surface area contributed by atoms with Gasteiger partial charge >= 0.3 is 0 Å². The average molecular weight is 213 g/mol. The van der Waals surface area contributed by atoms with Gasteiger partial charge in [0.2, 0.25) is 0 Å². The van der Waals surface area contributed by atoms with Gasteiger partial charge in [-0.3, -0.25) is 0 Å². The molecule has 1 aliphatic rings. The Bertz CT molecular complexity index is 173. The smallest absolute Gasteiger partial charge is 0.0589 e. The van der Waals surface area contributed by atoms with Gasteiger partial charge in [0.25, 0.3) is 0 Å². The van der Waals surface area contributed by atoms with E-state index in [1.807, 2.05) is 0 Å². The van der Waals surface area contributed by atoms with E-state index in [0.29, 0.717) is 5.41 Å². The summed E-state index contributed by atoms with van der Waals surface area (Å²) in [6.07, 6.45) is 4.02. The molecule has 1 aliphatic heterocycles. The third-order valence-electron chi connectivity index (χ3n) is 4.41. The summed E-state index contributed by atoms with van der Waals surface area (Å²) in [6.45, 7) is 11.7. The predicted molar refractivity (Wildman–Crippen MR) is 65.1 cm³/mol. The lowest BCUT2D eigenvalue weighted by molar-refractivity contribution is 0.0538. The molecule has 0 saturated carbocycles. The molecule has 15 heavy (non-hydrogen) atoms. The first-order chi connectivity index (χ1) is 7.12. The number of ether oxygens (including phenoxy) is 1. The van der Waals surface area contributed by atoms with Gasteiger partial charge in [-0.05, 0) is 37.3 Å². The summed E-state index contributed by atoms with van der Waals surface area (Å²) in [7, 11) is 1.78. The van der Waals surface area contributed by atoms with Crippen LogP contribution in [0.3, 0.4) is 0 Å². The molecule has 1 atom stereocenters. The Morgan fingerprint density at radius 1 is 1.33 bits per heavy atom. The number of likely N-dealkylation sites (tertiary alicyclic amines) is 1. The van der Waals surface area contributed by atoms with Gasteiger partial charge < -0.3 is 9.64 Å². The normalized spacial score (nSPS) is 24.0. The van der Waals surface area contributed by atoms with Crippen molar-refractivity contribution < 1.29 is 4.74 Å². The molecule has 0 aliphatic carbocycles. The molecule has 1 unspecified atom stereocenters. The second-order valence-corrected chi connectivity index (χ2v) is 5.30. The molecule has 0 aromatic carbocycles. The fourth-order valence-electron chi connectivity index (χ4n) is 2.49. The minimum Gasteiger partial charge on any atom is -0.383 e. The topological polar surface area (TPSA) is 12.5 Å². The van der Waals surface area contributed by atoms with Crippen LogP contribution < -0.4 is 0 Å². The SMILES string of the molecule is CCC(C)C1(C)CCN(CCOC)CC1. The fourth-order valence-corrected chi connectivity index (χ4v) is 2.49. The number of hydrogen-bond acceptors (Lipinski definition) is 2. The maximum atomic E-state index is 5.12. The van der Waals surface area contributed by atoms with Crippen molar-refractivity contribution in [2.24, 2.45) is 11.3 Å². The van der Waals surface area contributed by atoms with Gasteiger partial charge in [-0.2, -0.15) is 0 Å². The molecular formula is C13H27NO. The average Bonchev–Trinajstić information content (AvgIpc) is 2.27. The number of nitrogens with zero attached hydrogens (tertiary/aromatic N) is 1. The summed E-state index contributed by atoms with van der Waals surface area (Å²) in [5, 5.41) is 0. The van der Waals surface area contributed by atoms with Gasteiger partial charge in [0.05, 0.1) is 6.61 Å². The molecule has 1 heterocycles. The summed E-state index contributed by atoms with van der Waals surface area (Å²) >= 11 is 0. The van der Waals surface area contributed by atoms with E-state index < -0.39 is 0 Å². The van der Waals surface area contributed by atoms with E-state index in [9.17, 15) is 0 Å². The van der Waals surface area contributed by atoms with E-state index in [1.165, 1.54) is 32.4 Å². The van der Waals surface area contributed by atoms with Crippen molar-refractivity contribution in [1.29, 1.82) is 0 Å². The van der Waals surface area contributed by atoms with Crippen molar-refractivity contribution in [3.05, 3.63) is 0 Å². The standard InChI is InChI=1S/C13H27NO/c1-5-12(2)13(3)6-8-14(9-7-13)10-11-15-4/h12H,5-11H2,1-4H3. The van der Waals surface area contributed by atoms with E-state index in [4.69, 9.17) is 4.74 Å². The van der Waals surface area contributed by atoms with Crippen LogP contribution in [-0.2, 0) is 4.74 Å². The van der Waals surface area contributed by atoms with Crippen molar-refractivity contribution in [2.45, 2.75) is 40.0 Å². The summed E-state index contributed by atoms with van der Waals surface area (Å²) in [5.41, 5.74) is 0.582. The van der Waals surface area contributed by atoms with Crippen molar-refractivity contribution in [3.8, 4) is 0 Å². The van der Waals surface area contributed by atoms with Crippen LogP contribution in [0, 0.1) is 11.3 Å². The molecule has 90 valence electrons. The van der Waals surface area contributed by atoms with Crippen LogP contribution in [0.1, 0.15) is 40.0 Å². The molecule has 1 fully saturated rings. The summed E-state index contributed by atoms with van der Waals surface area (Å²) in [6, 6.07) is 0. The molecular weight excluding hydrogens is 186 g/mol. The molecule has 1 rings (SSSR count). The molecule has 1 saturated heterocycles. The minimum atomic E-state index is 0.582. The lowest BCUT2D eigenvalue weighted by atomic mass is 9.70. The molecule has 0 radical (unpaired) electrons. The fraction of sp³-hybridized carbons (Fsp3) is 1.00. The number of piperidine rings is 1. The molecule has 2 nitrogen and oxygen atoms in total. The Morgan fingerprint density at radius 2 is 1.93 bits per heavy atom. The third kappa shape index (κ3) is 3.46. The van der Waals surface area contributed by atoms with E-state index in [0.717, 1.165) is 19.1 Å². The van der Waals surface area contributed by atoms with Crippen molar-refractivity contribution in [3.63, 3.8) is 0 Å². The maximum absolute atomic E-state index is 5.12. The highest BCUT2D eigenvalue weighted by molar-refractivity contribution is 4.85. The Hall–Kier alpha value is -0.0800. The van der Waals surface area contributed by atoms with Gasteiger partial charge in [-0.25, -0.2) is 0 Å². The molecule has 0 amide bonds. The largest absolute Gasteiger partial charge is 0.383 e. The van der Waals surface area contributed by atoms with Crippen LogP contribution in [0.2, 0.25) is 0 Å². The molecule has 0 spiro atoms. The van der Waals surface area contributed by atoms with E-state index in [-0.39, 0.29) is 0 Å². The second-order valence-electron chi connectivity index (χ2n) is 5.30. The van der Waals surface area contributed by atoms with E-state index in [2.05, 4.69) is 25.7 Å². The highest BCUT2D eigenvalue weighted by Gasteiger charge is 2.33. The minimum absolute atomic E-state index is 0.582. The number of rotatable bonds is 5. The number of hydrogen-bond donors (Lipinski definition) is 0. The van der Waals surface area contributed by atoms with Crippen molar-refractivity contribution in [2.75, 3.05) is 33.4 Å². The van der Waals surface area contributed by atoms with Crippen molar-refractivity contribution >= 4 is 0 Å². The second kappa shape index (κ2) is 5.86. The van der Waals surface area contributed by atoms with Crippen LogP contribution in [0.4, 0.5) is 0 Å². The summed E-state index contributed by atoms with van der Waals surface area (Å²) < 4.78 is 5.12. The zero-order chi connectivity index (χ0) is 11.3. The summed E-state index contributed by atoms with van der Waals surface area (Å²) in [4.78, 5) is 2.54. The third-order valence-corrected chi connectivity index (χ3v) is 4.41. The number of methoxy groups -OCH3 is 1. The Balaban J connectivity index is 2.34. The maximum Gasteiger partial charge on any atom is 0.0589 e. The first-order valence-electron chi connectivity index (χ1n) is 6.33. The zero-order valence-corrected chi connectivity index (χ0v) is 10.9. The predicted octanol–water partition coefficient (Wildman–Crippen LogP) is 2.78. The van der Waals surface area contributed by atoms with Gasteiger partial charge in [-0.15, -0.1) is 0 Å². The zero-order valence-electron chi connectivity index (χ0n) is 10.9.